The minimum absolute atomic E-state index is 0.267. The molecule has 6 aromatic rings. The number of benzene rings is 6. The lowest BCUT2D eigenvalue weighted by molar-refractivity contribution is 0.00578. The first-order valence-corrected chi connectivity index (χ1v) is 27.3. The van der Waals surface area contributed by atoms with Crippen LogP contribution in [0.15, 0.2) is 136 Å². The van der Waals surface area contributed by atoms with Crippen LogP contribution >= 0.6 is 89.3 Å². The predicted molar refractivity (Wildman–Crippen MR) is 292 cm³/mol. The third kappa shape index (κ3) is 10.2. The zero-order chi connectivity index (χ0) is 48.4. The van der Waals surface area contributed by atoms with Crippen LogP contribution in [0, 0.1) is 0 Å². The van der Waals surface area contributed by atoms with Crippen LogP contribution in [0.25, 0.3) is 0 Å². The Morgan fingerprint density at radius 3 is 1.22 bits per heavy atom. The van der Waals surface area contributed by atoms with E-state index in [1.54, 1.807) is 0 Å². The SMILES string of the molecule is CC[C@@]1(c2ccccc2)Cc2c(ccc(Cl)c2B2OC(C)(C)C(C)(C)O2)O1.CC[C@@]1(c2ccccc2)Cc2c(ccc(Cl)c2Br)O1.CI.NC[C@@]1(c2ccccc2)Cc2c(ccc(Cl)c2Br)O1. The third-order valence-electron chi connectivity index (χ3n) is 13.7. The van der Waals surface area contributed by atoms with Crippen molar-refractivity contribution in [2.24, 2.45) is 5.73 Å². The minimum Gasteiger partial charge on any atom is -0.482 e. The number of nitrogens with two attached hydrogens (primary N) is 1. The van der Waals surface area contributed by atoms with Crippen LogP contribution in [0.2, 0.25) is 15.1 Å². The van der Waals surface area contributed by atoms with E-state index >= 15 is 0 Å². The quantitative estimate of drug-likeness (QED) is 0.0976. The molecule has 0 saturated carbocycles. The molecule has 1 saturated heterocycles. The highest BCUT2D eigenvalue weighted by molar-refractivity contribution is 14.1. The molecule has 3 atom stereocenters. The Morgan fingerprint density at radius 1 is 0.507 bits per heavy atom. The number of hydrogen-bond acceptors (Lipinski definition) is 6. The van der Waals surface area contributed by atoms with E-state index < -0.39 is 23.9 Å². The first-order chi connectivity index (χ1) is 32.0. The van der Waals surface area contributed by atoms with Gasteiger partial charge in [-0.05, 0) is 136 Å². The Bertz CT molecular complexity index is 2560. The highest BCUT2D eigenvalue weighted by Gasteiger charge is 2.54. The molecule has 4 aliphatic heterocycles. The van der Waals surface area contributed by atoms with Crippen molar-refractivity contribution in [2.45, 2.75) is 102 Å². The van der Waals surface area contributed by atoms with Gasteiger partial charge in [-0.3, -0.25) is 0 Å². The second-order valence-electron chi connectivity index (χ2n) is 18.0. The number of hydrogen-bond donors (Lipinski definition) is 1. The average Bonchev–Trinajstić information content (AvgIpc) is 4.11. The largest absolute Gasteiger partial charge is 0.496 e. The van der Waals surface area contributed by atoms with Gasteiger partial charge >= 0.3 is 7.12 Å². The van der Waals surface area contributed by atoms with Crippen LogP contribution in [0.3, 0.4) is 0 Å². The van der Waals surface area contributed by atoms with Crippen molar-refractivity contribution in [3.8, 4) is 17.2 Å². The molecule has 0 radical (unpaired) electrons. The molecule has 0 aliphatic carbocycles. The summed E-state index contributed by atoms with van der Waals surface area (Å²) in [4.78, 5) is 1.97. The van der Waals surface area contributed by atoms with Crippen LogP contribution in [0.1, 0.15) is 87.8 Å². The molecule has 10 rings (SSSR count). The molecule has 352 valence electrons. The van der Waals surface area contributed by atoms with Crippen molar-refractivity contribution < 1.29 is 23.5 Å². The van der Waals surface area contributed by atoms with Gasteiger partial charge in [-0.2, -0.15) is 0 Å². The van der Waals surface area contributed by atoms with E-state index in [9.17, 15) is 0 Å². The molecule has 0 unspecified atom stereocenters. The molecule has 6 nitrogen and oxygen atoms in total. The van der Waals surface area contributed by atoms with Crippen molar-refractivity contribution in [2.75, 3.05) is 11.5 Å². The third-order valence-corrected chi connectivity index (χ3v) is 17.0. The summed E-state index contributed by atoms with van der Waals surface area (Å²) in [5.74, 6) is 2.65. The van der Waals surface area contributed by atoms with Gasteiger partial charge in [-0.25, -0.2) is 0 Å². The summed E-state index contributed by atoms with van der Waals surface area (Å²) in [6, 6.07) is 42.3. The molecule has 1 fully saturated rings. The maximum absolute atomic E-state index is 6.64. The molecule has 67 heavy (non-hydrogen) atoms. The highest BCUT2D eigenvalue weighted by atomic mass is 127. The van der Waals surface area contributed by atoms with E-state index in [1.807, 2.05) is 83.8 Å². The van der Waals surface area contributed by atoms with Crippen molar-refractivity contribution in [3.63, 3.8) is 0 Å². The van der Waals surface area contributed by atoms with Crippen LogP contribution in [-0.4, -0.2) is 29.8 Å². The van der Waals surface area contributed by atoms with Gasteiger partial charge in [-0.15, -0.1) is 0 Å². The molecular weight excluding hydrogens is 1150 g/mol. The van der Waals surface area contributed by atoms with Crippen LogP contribution in [0.5, 0.6) is 17.2 Å². The fourth-order valence-electron chi connectivity index (χ4n) is 9.12. The molecule has 4 heterocycles. The molecule has 0 bridgehead atoms. The highest BCUT2D eigenvalue weighted by Crippen LogP contribution is 2.49. The van der Waals surface area contributed by atoms with Crippen LogP contribution < -0.4 is 25.4 Å². The summed E-state index contributed by atoms with van der Waals surface area (Å²) in [6.07, 6.45) is 4.12. The summed E-state index contributed by atoms with van der Waals surface area (Å²) in [7, 11) is -0.496. The molecule has 2 N–H and O–H groups in total. The summed E-state index contributed by atoms with van der Waals surface area (Å²) in [6.45, 7) is 13.0. The molecule has 0 amide bonds. The average molecular weight is 1200 g/mol. The van der Waals surface area contributed by atoms with Gasteiger partial charge in [0, 0.05) is 56.4 Å². The van der Waals surface area contributed by atoms with E-state index in [0.717, 1.165) is 85.5 Å². The maximum atomic E-state index is 6.64. The van der Waals surface area contributed by atoms with Gasteiger partial charge in [0.1, 0.15) is 28.5 Å². The first kappa shape index (κ1) is 52.1. The molecule has 6 aromatic carbocycles. The van der Waals surface area contributed by atoms with Gasteiger partial charge in [0.25, 0.3) is 0 Å². The Balaban J connectivity index is 0.000000150. The van der Waals surface area contributed by atoms with E-state index in [1.165, 1.54) is 16.7 Å². The van der Waals surface area contributed by atoms with Crippen LogP contribution in [-0.2, 0) is 45.4 Å². The minimum atomic E-state index is -0.496. The van der Waals surface area contributed by atoms with E-state index in [2.05, 4.69) is 145 Å². The van der Waals surface area contributed by atoms with Crippen molar-refractivity contribution in [3.05, 3.63) is 185 Å². The number of halogens is 6. The van der Waals surface area contributed by atoms with Gasteiger partial charge < -0.3 is 29.3 Å². The monoisotopic (exact) mass is 1200 g/mol. The Labute approximate surface area is 442 Å². The number of fused-ring (bicyclic) bond motifs is 3. The van der Waals surface area contributed by atoms with Gasteiger partial charge in [0.05, 0.1) is 21.2 Å². The smallest absolute Gasteiger partial charge is 0.482 e. The van der Waals surface area contributed by atoms with Gasteiger partial charge in [-0.1, -0.05) is 162 Å². The molecular formula is C54H56BBr2Cl3INO5. The lowest BCUT2D eigenvalue weighted by atomic mass is 9.73. The summed E-state index contributed by atoms with van der Waals surface area (Å²) < 4.78 is 33.4. The van der Waals surface area contributed by atoms with E-state index in [-0.39, 0.29) is 11.2 Å². The fourth-order valence-corrected chi connectivity index (χ4v) is 10.7. The van der Waals surface area contributed by atoms with E-state index in [4.69, 9.17) is 64.1 Å². The second-order valence-corrected chi connectivity index (χ2v) is 20.8. The zero-order valence-corrected chi connectivity index (χ0v) is 46.4. The summed E-state index contributed by atoms with van der Waals surface area (Å²) in [5, 5.41) is 2.10. The summed E-state index contributed by atoms with van der Waals surface area (Å²) >= 11 is 28.2. The Hall–Kier alpha value is -2.78. The topological polar surface area (TPSA) is 72.2 Å². The first-order valence-electron chi connectivity index (χ1n) is 22.4. The second kappa shape index (κ2) is 21.3. The van der Waals surface area contributed by atoms with Crippen LogP contribution in [0.4, 0.5) is 0 Å². The number of ether oxygens (including phenoxy) is 3. The van der Waals surface area contributed by atoms with E-state index in [0.29, 0.717) is 16.6 Å². The Morgan fingerprint density at radius 2 is 0.836 bits per heavy atom. The maximum Gasteiger partial charge on any atom is 0.496 e. The Kier molecular flexibility index (Phi) is 16.5. The normalized spacial score (nSPS) is 22.2. The fraction of sp³-hybridized carbons (Fsp3) is 0.333. The van der Waals surface area contributed by atoms with Crippen molar-refractivity contribution in [1.82, 2.24) is 0 Å². The standard InChI is InChI=1S/C22H26BClO3.C16H14BrClO.C15H13BrClNO.CH3I/c1-6-22(15-10-8-7-9-11-15)14-16-18(25-22)13-12-17(24)19(16)23-26-20(2,3)21(4,5)27-23;1-2-16(11-6-4-3-5-7-11)10-12-14(19-16)9-8-13(18)15(12)17;16-14-11-8-15(9-18,10-4-2-1-3-5-10)19-13(11)7-6-12(14)17;1-2/h7-13H,6,14H2,1-5H3;3-9H,2,10H2,1H3;1-7H,8-9,18H2;1H3/t22-;16-;15-;/m001./s1. The van der Waals surface area contributed by atoms with Gasteiger partial charge in [0.2, 0.25) is 0 Å². The van der Waals surface area contributed by atoms with Gasteiger partial charge in [0.15, 0.2) is 5.60 Å². The molecule has 13 heteroatoms. The molecule has 4 aliphatic rings. The van der Waals surface area contributed by atoms with Crippen molar-refractivity contribution >= 4 is 102 Å². The lowest BCUT2D eigenvalue weighted by Gasteiger charge is -2.32. The predicted octanol–water partition coefficient (Wildman–Crippen LogP) is 15.2. The number of rotatable bonds is 7. The summed E-state index contributed by atoms with van der Waals surface area (Å²) in [5.41, 5.74) is 11.8. The van der Waals surface area contributed by atoms with Crippen molar-refractivity contribution in [1.29, 1.82) is 0 Å². The zero-order valence-electron chi connectivity index (χ0n) is 38.8. The number of alkyl halides is 1. The molecule has 0 aromatic heterocycles. The lowest BCUT2D eigenvalue weighted by Crippen LogP contribution is -2.41. The molecule has 0 spiro atoms.